The molecule has 1 unspecified atom stereocenters. The number of pyridine rings is 1. The van der Waals surface area contributed by atoms with Crippen LogP contribution in [0.1, 0.15) is 46.3 Å². The fraction of sp³-hybridized carbons (Fsp3) is 0.341. The number of imide groups is 1. The lowest BCUT2D eigenvalue weighted by molar-refractivity contribution is -0.136. The van der Waals surface area contributed by atoms with Gasteiger partial charge in [0.2, 0.25) is 11.8 Å². The Morgan fingerprint density at radius 2 is 1.68 bits per heavy atom. The van der Waals surface area contributed by atoms with E-state index in [1.54, 1.807) is 23.5 Å². The standard InChI is InChI=1S/C41H43N5O6S/c1-26-21-28(29-8-14-37(42-24-29)45(2)3)7-10-32(26)40-43-34-12-6-27(22-36(34)53-40)5-4-16-50-17-18-51-19-20-52-31-9-11-33-30(23-31)25-46(41(33)49)35-13-15-38(47)44-39(35)48/h6-12,14,21-24,35H,4-5,13,15-20,25H2,1-3H3,(H,44,47,48). The molecule has 5 aromatic rings. The zero-order valence-electron chi connectivity index (χ0n) is 30.2. The number of amides is 3. The number of carbonyl (C=O) groups excluding carboxylic acids is 3. The minimum Gasteiger partial charge on any atom is -0.491 e. The van der Waals surface area contributed by atoms with Gasteiger partial charge in [-0.05, 0) is 90.9 Å². The van der Waals surface area contributed by atoms with Crippen molar-refractivity contribution in [3.8, 4) is 27.4 Å². The van der Waals surface area contributed by atoms with Crippen molar-refractivity contribution in [1.82, 2.24) is 20.2 Å². The average Bonchev–Trinajstić information content (AvgIpc) is 3.72. The van der Waals surface area contributed by atoms with Crippen molar-refractivity contribution >= 4 is 45.1 Å². The van der Waals surface area contributed by atoms with E-state index in [0.29, 0.717) is 57.3 Å². The van der Waals surface area contributed by atoms with Gasteiger partial charge in [-0.15, -0.1) is 11.3 Å². The van der Waals surface area contributed by atoms with Crippen LogP contribution in [0, 0.1) is 6.92 Å². The minimum absolute atomic E-state index is 0.200. The highest BCUT2D eigenvalue weighted by Gasteiger charge is 2.39. The largest absolute Gasteiger partial charge is 0.491 e. The van der Waals surface area contributed by atoms with E-state index in [-0.39, 0.29) is 18.2 Å². The number of thiazole rings is 1. The molecule has 0 spiro atoms. The van der Waals surface area contributed by atoms with Crippen molar-refractivity contribution in [2.75, 3.05) is 52.0 Å². The van der Waals surface area contributed by atoms with Crippen LogP contribution in [-0.4, -0.2) is 85.8 Å². The molecular formula is C41H43N5O6S. The van der Waals surface area contributed by atoms with Crippen LogP contribution in [0.25, 0.3) is 31.9 Å². The van der Waals surface area contributed by atoms with Crippen molar-refractivity contribution < 1.29 is 28.6 Å². The van der Waals surface area contributed by atoms with Crippen LogP contribution >= 0.6 is 11.3 Å². The number of fused-ring (bicyclic) bond motifs is 2. The number of rotatable bonds is 15. The Balaban J connectivity index is 0.798. The average molecular weight is 734 g/mol. The van der Waals surface area contributed by atoms with E-state index in [1.807, 2.05) is 37.3 Å². The first-order valence-electron chi connectivity index (χ1n) is 17.9. The fourth-order valence-electron chi connectivity index (χ4n) is 6.70. The second-order valence-corrected chi connectivity index (χ2v) is 14.6. The predicted octanol–water partition coefficient (Wildman–Crippen LogP) is 6.21. The van der Waals surface area contributed by atoms with Gasteiger partial charge in [-0.3, -0.25) is 19.7 Å². The van der Waals surface area contributed by atoms with Crippen molar-refractivity contribution in [2.45, 2.75) is 45.2 Å². The SMILES string of the molecule is Cc1cc(-c2ccc(N(C)C)nc2)ccc1-c1nc2ccc(CCCOCCOCCOc3ccc4c(c3)CN(C3CCC(=O)NC3=O)C4=O)cc2s1. The maximum Gasteiger partial charge on any atom is 0.255 e. The molecule has 2 aliphatic rings. The Bertz CT molecular complexity index is 2130. The van der Waals surface area contributed by atoms with Gasteiger partial charge < -0.3 is 24.0 Å². The monoisotopic (exact) mass is 733 g/mol. The fourth-order valence-corrected chi connectivity index (χ4v) is 7.82. The molecule has 1 atom stereocenters. The summed E-state index contributed by atoms with van der Waals surface area (Å²) in [5.41, 5.74) is 8.22. The number of piperidine rings is 1. The molecule has 0 aliphatic carbocycles. The van der Waals surface area contributed by atoms with E-state index in [0.717, 1.165) is 51.4 Å². The van der Waals surface area contributed by atoms with Crippen LogP contribution in [0.5, 0.6) is 5.75 Å². The molecule has 0 bridgehead atoms. The molecule has 7 rings (SSSR count). The van der Waals surface area contributed by atoms with Crippen LogP contribution < -0.4 is 15.0 Å². The van der Waals surface area contributed by atoms with Crippen LogP contribution in [0.4, 0.5) is 5.82 Å². The van der Waals surface area contributed by atoms with E-state index < -0.39 is 11.9 Å². The summed E-state index contributed by atoms with van der Waals surface area (Å²) in [6.45, 7) is 4.84. The van der Waals surface area contributed by atoms with Crippen LogP contribution in [0.2, 0.25) is 0 Å². The summed E-state index contributed by atoms with van der Waals surface area (Å²) in [6, 6.07) is 21.9. The third-order valence-corrected chi connectivity index (χ3v) is 10.6. The molecule has 11 nitrogen and oxygen atoms in total. The third kappa shape index (κ3) is 8.40. The van der Waals surface area contributed by atoms with Gasteiger partial charge in [0, 0.05) is 56.6 Å². The topological polar surface area (TPSA) is 123 Å². The first-order valence-corrected chi connectivity index (χ1v) is 18.8. The second kappa shape index (κ2) is 16.2. The number of anilines is 1. The lowest BCUT2D eigenvalue weighted by Gasteiger charge is -2.29. The Kier molecular flexibility index (Phi) is 11.1. The lowest BCUT2D eigenvalue weighted by Crippen LogP contribution is -2.52. The van der Waals surface area contributed by atoms with E-state index >= 15 is 0 Å². The van der Waals surface area contributed by atoms with E-state index in [2.05, 4.69) is 59.7 Å². The molecule has 1 N–H and O–H groups in total. The number of nitrogens with zero attached hydrogens (tertiary/aromatic N) is 4. The van der Waals surface area contributed by atoms with Crippen LogP contribution in [0.3, 0.4) is 0 Å². The summed E-state index contributed by atoms with van der Waals surface area (Å²) in [7, 11) is 3.98. The molecule has 2 aliphatic heterocycles. The molecule has 0 saturated carbocycles. The molecule has 53 heavy (non-hydrogen) atoms. The quantitative estimate of drug-likeness (QED) is 0.0989. The molecule has 3 aromatic carbocycles. The predicted molar refractivity (Wildman–Crippen MR) is 205 cm³/mol. The van der Waals surface area contributed by atoms with Gasteiger partial charge in [0.1, 0.15) is 29.2 Å². The number of aryl methyl sites for hydroxylation is 2. The summed E-state index contributed by atoms with van der Waals surface area (Å²) in [5, 5.41) is 3.35. The molecule has 12 heteroatoms. The number of hydrogen-bond acceptors (Lipinski definition) is 10. The lowest BCUT2D eigenvalue weighted by atomic mass is 10.0. The van der Waals surface area contributed by atoms with Crippen molar-refractivity contribution in [1.29, 1.82) is 0 Å². The number of carbonyl (C=O) groups is 3. The first kappa shape index (κ1) is 36.2. The van der Waals surface area contributed by atoms with Gasteiger partial charge >= 0.3 is 0 Å². The summed E-state index contributed by atoms with van der Waals surface area (Å²) >= 11 is 1.73. The molecule has 1 fully saturated rings. The summed E-state index contributed by atoms with van der Waals surface area (Å²) in [5.74, 6) is 0.656. The van der Waals surface area contributed by atoms with Crippen LogP contribution in [0.15, 0.2) is 72.9 Å². The molecular weight excluding hydrogens is 691 g/mol. The van der Waals surface area contributed by atoms with E-state index in [1.165, 1.54) is 20.7 Å². The normalized spacial score (nSPS) is 15.6. The van der Waals surface area contributed by atoms with Crippen molar-refractivity contribution in [3.05, 3.63) is 95.2 Å². The van der Waals surface area contributed by atoms with Gasteiger partial charge in [-0.25, -0.2) is 9.97 Å². The molecule has 1 saturated heterocycles. The Morgan fingerprint density at radius 3 is 2.45 bits per heavy atom. The third-order valence-electron chi connectivity index (χ3n) is 9.57. The maximum absolute atomic E-state index is 12.9. The van der Waals surface area contributed by atoms with Gasteiger partial charge in [0.15, 0.2) is 0 Å². The Labute approximate surface area is 312 Å². The van der Waals surface area contributed by atoms with Gasteiger partial charge in [-0.2, -0.15) is 0 Å². The van der Waals surface area contributed by atoms with Gasteiger partial charge in [0.05, 0.1) is 30.0 Å². The summed E-state index contributed by atoms with van der Waals surface area (Å²) in [6.07, 6.45) is 4.32. The van der Waals surface area contributed by atoms with E-state index in [9.17, 15) is 14.4 Å². The summed E-state index contributed by atoms with van der Waals surface area (Å²) < 4.78 is 18.5. The number of nitrogens with one attached hydrogen (secondary N) is 1. The minimum atomic E-state index is -0.633. The van der Waals surface area contributed by atoms with E-state index in [4.69, 9.17) is 19.2 Å². The molecule has 4 heterocycles. The first-order chi connectivity index (χ1) is 25.7. The number of aromatic nitrogens is 2. The Hall–Kier alpha value is -5.17. The van der Waals surface area contributed by atoms with Crippen molar-refractivity contribution in [3.63, 3.8) is 0 Å². The molecule has 2 aromatic heterocycles. The highest BCUT2D eigenvalue weighted by Crippen LogP contribution is 2.35. The number of ether oxygens (including phenoxy) is 3. The number of hydrogen-bond donors (Lipinski definition) is 1. The molecule has 3 amide bonds. The smallest absolute Gasteiger partial charge is 0.255 e. The van der Waals surface area contributed by atoms with Gasteiger partial charge in [-0.1, -0.05) is 24.3 Å². The van der Waals surface area contributed by atoms with Gasteiger partial charge in [0.25, 0.3) is 5.91 Å². The Morgan fingerprint density at radius 1 is 0.887 bits per heavy atom. The number of benzene rings is 3. The highest BCUT2D eigenvalue weighted by molar-refractivity contribution is 7.21. The molecule has 0 radical (unpaired) electrons. The summed E-state index contributed by atoms with van der Waals surface area (Å²) in [4.78, 5) is 49.7. The second-order valence-electron chi connectivity index (χ2n) is 13.5. The molecule has 274 valence electrons. The van der Waals surface area contributed by atoms with Crippen molar-refractivity contribution in [2.24, 2.45) is 0 Å². The highest BCUT2D eigenvalue weighted by atomic mass is 32.1. The zero-order chi connectivity index (χ0) is 36.9. The zero-order valence-corrected chi connectivity index (χ0v) is 31.0. The maximum atomic E-state index is 12.9. The van der Waals surface area contributed by atoms with Crippen LogP contribution in [-0.2, 0) is 32.0 Å².